The van der Waals surface area contributed by atoms with Gasteiger partial charge in [0.15, 0.2) is 0 Å². The highest BCUT2D eigenvalue weighted by Gasteiger charge is 2.23. The molecule has 0 atom stereocenters. The Morgan fingerprint density at radius 2 is 1.70 bits per heavy atom. The third kappa shape index (κ3) is 6.37. The number of carboxylic acid groups (broad SMARTS) is 2. The molecule has 2 N–H and O–H groups in total. The molecule has 1 rings (SSSR count). The summed E-state index contributed by atoms with van der Waals surface area (Å²) in [5.74, 6) is -1.87. The van der Waals surface area contributed by atoms with E-state index in [2.05, 4.69) is 0 Å². The number of carbonyl (C=O) groups excluding carboxylic acids is 1. The van der Waals surface area contributed by atoms with Crippen LogP contribution in [0.3, 0.4) is 0 Å². The fraction of sp³-hybridized carbons (Fsp3) is 0.750. The van der Waals surface area contributed by atoms with Gasteiger partial charge in [0.05, 0.1) is 6.61 Å². The molecule has 0 aromatic carbocycles. The summed E-state index contributed by atoms with van der Waals surface area (Å²) in [5, 5.41) is 17.4. The van der Waals surface area contributed by atoms with Gasteiger partial charge in [0, 0.05) is 20.2 Å². The molecule has 114 valence electrons. The van der Waals surface area contributed by atoms with Crippen molar-refractivity contribution in [2.45, 2.75) is 12.8 Å². The Bertz CT molecular complexity index is 353. The van der Waals surface area contributed by atoms with Crippen molar-refractivity contribution in [2.24, 2.45) is 5.92 Å². The maximum atomic E-state index is 11.9. The van der Waals surface area contributed by atoms with E-state index in [1.54, 1.807) is 0 Å². The van der Waals surface area contributed by atoms with Crippen LogP contribution in [0.15, 0.2) is 0 Å². The van der Waals surface area contributed by atoms with E-state index >= 15 is 0 Å². The van der Waals surface area contributed by atoms with Crippen LogP contribution in [-0.4, -0.2) is 77.9 Å². The second-order valence-corrected chi connectivity index (χ2v) is 4.87. The molecule has 0 radical (unpaired) electrons. The zero-order valence-electron chi connectivity index (χ0n) is 11.4. The van der Waals surface area contributed by atoms with Crippen LogP contribution in [0.4, 0.5) is 4.79 Å². The van der Waals surface area contributed by atoms with E-state index in [1.807, 2.05) is 0 Å². The van der Waals surface area contributed by atoms with Crippen LogP contribution in [0.1, 0.15) is 12.8 Å². The van der Waals surface area contributed by atoms with Gasteiger partial charge in [-0.05, 0) is 18.8 Å². The average molecular weight is 288 g/mol. The van der Waals surface area contributed by atoms with E-state index in [9.17, 15) is 14.4 Å². The highest BCUT2D eigenvalue weighted by molar-refractivity contribution is 5.84. The van der Waals surface area contributed by atoms with Crippen molar-refractivity contribution in [3.8, 4) is 0 Å². The van der Waals surface area contributed by atoms with Crippen LogP contribution in [-0.2, 0) is 14.3 Å². The van der Waals surface area contributed by atoms with E-state index in [4.69, 9.17) is 14.9 Å². The van der Waals surface area contributed by atoms with E-state index in [-0.39, 0.29) is 0 Å². The molecule has 2 amide bonds. The smallest absolute Gasteiger partial charge is 0.323 e. The predicted molar refractivity (Wildman–Crippen MR) is 68.4 cm³/mol. The summed E-state index contributed by atoms with van der Waals surface area (Å²) in [6, 6.07) is -0.634. The normalized spacial score (nSPS) is 13.8. The molecule has 20 heavy (non-hydrogen) atoms. The van der Waals surface area contributed by atoms with Crippen molar-refractivity contribution >= 4 is 18.0 Å². The van der Waals surface area contributed by atoms with Gasteiger partial charge in [0.1, 0.15) is 13.1 Å². The molecule has 1 fully saturated rings. The molecule has 8 heteroatoms. The Morgan fingerprint density at radius 1 is 1.15 bits per heavy atom. The summed E-state index contributed by atoms with van der Waals surface area (Å²) < 4.78 is 5.38. The fourth-order valence-electron chi connectivity index (χ4n) is 1.59. The molecule has 0 saturated heterocycles. The predicted octanol–water partition coefficient (Wildman–Crippen LogP) is -0.0640. The number of likely N-dealkylation sites (N-methyl/N-ethyl adjacent to an activating group) is 1. The molecule has 1 aliphatic carbocycles. The molecule has 0 spiro atoms. The number of nitrogens with zero attached hydrogens (tertiary/aromatic N) is 2. The maximum absolute atomic E-state index is 11.9. The standard InChI is InChI=1S/C12H20N2O6/c1-13(4-5-20-8-9-2-3-9)12(19)14(6-10(15)16)7-11(17)18/h9H,2-8H2,1H3,(H,15,16)(H,17,18). The van der Waals surface area contributed by atoms with E-state index in [0.29, 0.717) is 25.7 Å². The quantitative estimate of drug-likeness (QED) is 0.575. The lowest BCUT2D eigenvalue weighted by Crippen LogP contribution is -2.46. The van der Waals surface area contributed by atoms with Crippen LogP contribution in [0.25, 0.3) is 0 Å². The van der Waals surface area contributed by atoms with Crippen LogP contribution >= 0.6 is 0 Å². The minimum atomic E-state index is -1.25. The van der Waals surface area contributed by atoms with E-state index in [1.165, 1.54) is 24.8 Å². The van der Waals surface area contributed by atoms with Gasteiger partial charge in [-0.15, -0.1) is 0 Å². The van der Waals surface area contributed by atoms with Crippen molar-refractivity contribution in [3.05, 3.63) is 0 Å². The van der Waals surface area contributed by atoms with Crippen molar-refractivity contribution in [2.75, 3.05) is 39.9 Å². The first-order valence-corrected chi connectivity index (χ1v) is 6.41. The van der Waals surface area contributed by atoms with Gasteiger partial charge in [0.2, 0.25) is 0 Å². The Morgan fingerprint density at radius 3 is 2.15 bits per heavy atom. The Hall–Kier alpha value is -1.83. The van der Waals surface area contributed by atoms with Gasteiger partial charge in [-0.3, -0.25) is 9.59 Å². The zero-order chi connectivity index (χ0) is 15.1. The zero-order valence-corrected chi connectivity index (χ0v) is 11.4. The minimum Gasteiger partial charge on any atom is -0.480 e. The van der Waals surface area contributed by atoms with Crippen LogP contribution < -0.4 is 0 Å². The first-order chi connectivity index (χ1) is 9.40. The molecule has 0 bridgehead atoms. The number of urea groups is 1. The molecule has 0 unspecified atom stereocenters. The Kier molecular flexibility index (Phi) is 6.23. The van der Waals surface area contributed by atoms with Crippen molar-refractivity contribution < 1.29 is 29.3 Å². The number of rotatable bonds is 9. The number of ether oxygens (including phenoxy) is 1. The highest BCUT2D eigenvalue weighted by atomic mass is 16.5. The van der Waals surface area contributed by atoms with Gasteiger partial charge in [0.25, 0.3) is 0 Å². The number of hydrogen-bond acceptors (Lipinski definition) is 4. The summed E-state index contributed by atoms with van der Waals surface area (Å²) in [6.07, 6.45) is 2.36. The number of aliphatic carboxylic acids is 2. The van der Waals surface area contributed by atoms with Crippen LogP contribution in [0, 0.1) is 5.92 Å². The maximum Gasteiger partial charge on any atom is 0.323 e. The first-order valence-electron chi connectivity index (χ1n) is 6.41. The van der Waals surface area contributed by atoms with Gasteiger partial charge >= 0.3 is 18.0 Å². The SMILES string of the molecule is CN(CCOCC1CC1)C(=O)N(CC(=O)O)CC(=O)O. The third-order valence-electron chi connectivity index (χ3n) is 2.87. The molecule has 0 heterocycles. The molecule has 0 aromatic rings. The van der Waals surface area contributed by atoms with E-state index < -0.39 is 31.1 Å². The summed E-state index contributed by atoms with van der Waals surface area (Å²) in [4.78, 5) is 35.2. The summed E-state index contributed by atoms with van der Waals surface area (Å²) in [5.41, 5.74) is 0. The second kappa shape index (κ2) is 7.68. The van der Waals surface area contributed by atoms with Gasteiger partial charge < -0.3 is 24.7 Å². The molecular weight excluding hydrogens is 268 g/mol. The van der Waals surface area contributed by atoms with E-state index in [0.717, 1.165) is 4.90 Å². The summed E-state index contributed by atoms with van der Waals surface area (Å²) >= 11 is 0. The van der Waals surface area contributed by atoms with Gasteiger partial charge in [-0.25, -0.2) is 4.79 Å². The molecular formula is C12H20N2O6. The molecule has 8 nitrogen and oxygen atoms in total. The number of hydrogen-bond donors (Lipinski definition) is 2. The van der Waals surface area contributed by atoms with Crippen LogP contribution in [0.2, 0.25) is 0 Å². The molecule has 1 saturated carbocycles. The fourth-order valence-corrected chi connectivity index (χ4v) is 1.59. The van der Waals surface area contributed by atoms with Gasteiger partial charge in [-0.1, -0.05) is 0 Å². The largest absolute Gasteiger partial charge is 0.480 e. The molecule has 1 aliphatic rings. The average Bonchev–Trinajstić information content (AvgIpc) is 3.15. The summed E-state index contributed by atoms with van der Waals surface area (Å²) in [6.45, 7) is 0.0425. The molecule has 0 aromatic heterocycles. The highest BCUT2D eigenvalue weighted by Crippen LogP contribution is 2.28. The van der Waals surface area contributed by atoms with Crippen LogP contribution in [0.5, 0.6) is 0 Å². The second-order valence-electron chi connectivity index (χ2n) is 4.87. The lowest BCUT2D eigenvalue weighted by atomic mass is 10.4. The van der Waals surface area contributed by atoms with Crippen molar-refractivity contribution in [1.82, 2.24) is 9.80 Å². The third-order valence-corrected chi connectivity index (χ3v) is 2.87. The lowest BCUT2D eigenvalue weighted by molar-refractivity contribution is -0.140. The van der Waals surface area contributed by atoms with Crippen molar-refractivity contribution in [3.63, 3.8) is 0 Å². The Balaban J connectivity index is 2.35. The Labute approximate surface area is 116 Å². The first kappa shape index (κ1) is 16.2. The minimum absolute atomic E-state index is 0.293. The summed E-state index contributed by atoms with van der Waals surface area (Å²) in [7, 11) is 1.49. The van der Waals surface area contributed by atoms with Crippen molar-refractivity contribution in [1.29, 1.82) is 0 Å². The lowest BCUT2D eigenvalue weighted by Gasteiger charge is -2.25. The monoisotopic (exact) mass is 288 g/mol. The number of carbonyl (C=O) groups is 3. The number of carboxylic acids is 2. The van der Waals surface area contributed by atoms with Gasteiger partial charge in [-0.2, -0.15) is 0 Å². The number of amides is 2. The molecule has 0 aliphatic heterocycles. The topological polar surface area (TPSA) is 107 Å².